The van der Waals surface area contributed by atoms with Gasteiger partial charge in [-0.3, -0.25) is 4.79 Å². The molecule has 106 valence electrons. The van der Waals surface area contributed by atoms with Gasteiger partial charge >= 0.3 is 0 Å². The summed E-state index contributed by atoms with van der Waals surface area (Å²) in [5, 5.41) is 7.65. The first-order chi connectivity index (χ1) is 9.13. The SMILES string of the molecule is CCN(CC1CCCCN1)c1cnn(C)c(=O)c1Br. The van der Waals surface area contributed by atoms with Crippen LogP contribution in [-0.2, 0) is 7.05 Å². The van der Waals surface area contributed by atoms with Gasteiger partial charge in [0.2, 0.25) is 0 Å². The van der Waals surface area contributed by atoms with Gasteiger partial charge in [-0.2, -0.15) is 5.10 Å². The summed E-state index contributed by atoms with van der Waals surface area (Å²) in [5.74, 6) is 0. The number of hydrogen-bond donors (Lipinski definition) is 1. The lowest BCUT2D eigenvalue weighted by Crippen LogP contribution is -2.44. The molecule has 1 aliphatic rings. The number of aryl methyl sites for hydroxylation is 1. The van der Waals surface area contributed by atoms with E-state index in [1.165, 1.54) is 23.9 Å². The molecule has 0 aliphatic carbocycles. The van der Waals surface area contributed by atoms with Gasteiger partial charge in [-0.05, 0) is 42.2 Å². The summed E-state index contributed by atoms with van der Waals surface area (Å²) in [6.45, 7) is 4.99. The summed E-state index contributed by atoms with van der Waals surface area (Å²) in [4.78, 5) is 14.1. The highest BCUT2D eigenvalue weighted by Crippen LogP contribution is 2.22. The summed E-state index contributed by atoms with van der Waals surface area (Å²) < 4.78 is 1.95. The van der Waals surface area contributed by atoms with Crippen LogP contribution in [0.3, 0.4) is 0 Å². The molecule has 1 N–H and O–H groups in total. The molecule has 2 heterocycles. The first-order valence-electron chi connectivity index (χ1n) is 6.83. The first kappa shape index (κ1) is 14.5. The van der Waals surface area contributed by atoms with E-state index in [-0.39, 0.29) is 5.56 Å². The topological polar surface area (TPSA) is 50.2 Å². The second-order valence-corrected chi connectivity index (χ2v) is 5.75. The predicted molar refractivity (Wildman–Crippen MR) is 80.7 cm³/mol. The molecule has 0 bridgehead atoms. The summed E-state index contributed by atoms with van der Waals surface area (Å²) in [6.07, 6.45) is 5.51. The van der Waals surface area contributed by atoms with E-state index in [1.54, 1.807) is 13.2 Å². The highest BCUT2D eigenvalue weighted by atomic mass is 79.9. The van der Waals surface area contributed by atoms with Crippen LogP contribution in [0, 0.1) is 0 Å². The molecular formula is C13H21BrN4O. The van der Waals surface area contributed by atoms with E-state index in [2.05, 4.69) is 38.2 Å². The quantitative estimate of drug-likeness (QED) is 0.910. The van der Waals surface area contributed by atoms with Crippen molar-refractivity contribution in [2.75, 3.05) is 24.5 Å². The van der Waals surface area contributed by atoms with E-state index in [0.717, 1.165) is 25.3 Å². The zero-order valence-electron chi connectivity index (χ0n) is 11.5. The molecule has 0 amide bonds. The van der Waals surface area contributed by atoms with Crippen molar-refractivity contribution >= 4 is 21.6 Å². The molecule has 1 fully saturated rings. The van der Waals surface area contributed by atoms with Crippen LogP contribution in [0.4, 0.5) is 5.69 Å². The number of aromatic nitrogens is 2. The van der Waals surface area contributed by atoms with E-state index in [1.807, 2.05) is 0 Å². The number of nitrogens with zero attached hydrogens (tertiary/aromatic N) is 3. The number of anilines is 1. The maximum atomic E-state index is 11.9. The molecule has 6 heteroatoms. The lowest BCUT2D eigenvalue weighted by atomic mass is 10.0. The maximum Gasteiger partial charge on any atom is 0.282 e. The van der Waals surface area contributed by atoms with Gasteiger partial charge < -0.3 is 10.2 Å². The number of piperidine rings is 1. The van der Waals surface area contributed by atoms with E-state index >= 15 is 0 Å². The Balaban J connectivity index is 2.17. The van der Waals surface area contributed by atoms with E-state index in [9.17, 15) is 4.79 Å². The van der Waals surface area contributed by atoms with E-state index < -0.39 is 0 Å². The number of likely N-dealkylation sites (N-methyl/N-ethyl adjacent to an activating group) is 1. The molecule has 1 unspecified atom stereocenters. The van der Waals surface area contributed by atoms with Gasteiger partial charge in [-0.15, -0.1) is 0 Å². The van der Waals surface area contributed by atoms with Gasteiger partial charge in [0.15, 0.2) is 0 Å². The van der Waals surface area contributed by atoms with Crippen molar-refractivity contribution in [3.8, 4) is 0 Å². The van der Waals surface area contributed by atoms with Crippen LogP contribution < -0.4 is 15.8 Å². The van der Waals surface area contributed by atoms with Gasteiger partial charge in [-0.1, -0.05) is 6.42 Å². The van der Waals surface area contributed by atoms with Crippen molar-refractivity contribution in [1.29, 1.82) is 0 Å². The summed E-state index contributed by atoms with van der Waals surface area (Å²) in [5.41, 5.74) is 0.797. The third-order valence-corrected chi connectivity index (χ3v) is 4.38. The second kappa shape index (κ2) is 6.52. The number of hydrogen-bond acceptors (Lipinski definition) is 4. The zero-order valence-corrected chi connectivity index (χ0v) is 13.1. The third-order valence-electron chi connectivity index (χ3n) is 3.64. The van der Waals surface area contributed by atoms with Gasteiger partial charge in [0.1, 0.15) is 4.47 Å². The van der Waals surface area contributed by atoms with E-state index in [4.69, 9.17) is 0 Å². The molecule has 0 radical (unpaired) electrons. The molecule has 19 heavy (non-hydrogen) atoms. The largest absolute Gasteiger partial charge is 0.368 e. The lowest BCUT2D eigenvalue weighted by molar-refractivity contribution is 0.400. The standard InChI is InChI=1S/C13H21BrN4O/c1-3-18(9-10-6-4-5-7-15-10)11-8-16-17(2)13(19)12(11)14/h8,10,15H,3-7,9H2,1-2H3. The zero-order chi connectivity index (χ0) is 13.8. The molecule has 2 rings (SSSR count). The van der Waals surface area contributed by atoms with Gasteiger partial charge in [-0.25, -0.2) is 4.68 Å². The van der Waals surface area contributed by atoms with Crippen molar-refractivity contribution in [2.45, 2.75) is 32.2 Å². The van der Waals surface area contributed by atoms with Crippen molar-refractivity contribution in [2.24, 2.45) is 7.05 Å². The van der Waals surface area contributed by atoms with Crippen LogP contribution in [-0.4, -0.2) is 35.5 Å². The Morgan fingerprint density at radius 3 is 3.00 bits per heavy atom. The predicted octanol–water partition coefficient (Wildman–Crippen LogP) is 1.51. The van der Waals surface area contributed by atoms with Crippen molar-refractivity contribution in [3.63, 3.8) is 0 Å². The fraction of sp³-hybridized carbons (Fsp3) is 0.692. The Kier molecular flexibility index (Phi) is 4.99. The van der Waals surface area contributed by atoms with Crippen LogP contribution in [0.2, 0.25) is 0 Å². The normalized spacial score (nSPS) is 19.4. The van der Waals surface area contributed by atoms with Gasteiger partial charge in [0, 0.05) is 26.2 Å². The Morgan fingerprint density at radius 1 is 1.58 bits per heavy atom. The Morgan fingerprint density at radius 2 is 2.37 bits per heavy atom. The average Bonchev–Trinajstić information content (AvgIpc) is 2.44. The highest BCUT2D eigenvalue weighted by molar-refractivity contribution is 9.10. The average molecular weight is 329 g/mol. The van der Waals surface area contributed by atoms with Crippen LogP contribution in [0.1, 0.15) is 26.2 Å². The molecule has 1 atom stereocenters. The minimum atomic E-state index is -0.0902. The number of rotatable bonds is 4. The number of nitrogens with one attached hydrogen (secondary N) is 1. The van der Waals surface area contributed by atoms with Crippen molar-refractivity contribution in [1.82, 2.24) is 15.1 Å². The first-order valence-corrected chi connectivity index (χ1v) is 7.63. The van der Waals surface area contributed by atoms with Crippen molar-refractivity contribution in [3.05, 3.63) is 21.0 Å². The monoisotopic (exact) mass is 328 g/mol. The maximum absolute atomic E-state index is 11.9. The molecule has 1 aromatic heterocycles. The summed E-state index contributed by atoms with van der Waals surface area (Å²) in [7, 11) is 1.66. The molecule has 1 aliphatic heterocycles. The molecule has 1 aromatic rings. The molecule has 1 saturated heterocycles. The van der Waals surface area contributed by atoms with Crippen molar-refractivity contribution < 1.29 is 0 Å². The van der Waals surface area contributed by atoms with Crippen LogP contribution in [0.5, 0.6) is 0 Å². The summed E-state index contributed by atoms with van der Waals surface area (Å²) in [6, 6.07) is 0.504. The van der Waals surface area contributed by atoms with E-state index in [0.29, 0.717) is 10.5 Å². The molecular weight excluding hydrogens is 308 g/mol. The minimum absolute atomic E-state index is 0.0902. The fourth-order valence-corrected chi connectivity index (χ4v) is 3.08. The van der Waals surface area contributed by atoms with Crippen LogP contribution in [0.15, 0.2) is 15.5 Å². The fourth-order valence-electron chi connectivity index (χ4n) is 2.47. The third kappa shape index (κ3) is 3.36. The molecule has 0 aromatic carbocycles. The molecule has 0 saturated carbocycles. The lowest BCUT2D eigenvalue weighted by Gasteiger charge is -2.31. The molecule has 0 spiro atoms. The minimum Gasteiger partial charge on any atom is -0.368 e. The van der Waals surface area contributed by atoms with Gasteiger partial charge in [0.25, 0.3) is 5.56 Å². The Hall–Kier alpha value is -0.880. The van der Waals surface area contributed by atoms with Gasteiger partial charge in [0.05, 0.1) is 11.9 Å². The Bertz CT molecular complexity index is 482. The number of halogens is 1. The van der Waals surface area contributed by atoms with Crippen LogP contribution >= 0.6 is 15.9 Å². The smallest absolute Gasteiger partial charge is 0.282 e. The summed E-state index contributed by atoms with van der Waals surface area (Å²) >= 11 is 3.40. The molecule has 5 nitrogen and oxygen atoms in total. The Labute approximate surface area is 122 Å². The second-order valence-electron chi connectivity index (χ2n) is 4.96. The van der Waals surface area contributed by atoms with Crippen LogP contribution in [0.25, 0.3) is 0 Å². The highest BCUT2D eigenvalue weighted by Gasteiger charge is 2.19.